The Labute approximate surface area is 121 Å². The van der Waals surface area contributed by atoms with E-state index in [9.17, 15) is 14.0 Å². The number of carboxylic acids is 1. The highest BCUT2D eigenvalue weighted by atomic mass is 19.1. The second-order valence-corrected chi connectivity index (χ2v) is 5.49. The van der Waals surface area contributed by atoms with Crippen LogP contribution < -0.4 is 0 Å². The molecule has 21 heavy (non-hydrogen) atoms. The molecule has 1 saturated carbocycles. The fourth-order valence-electron chi connectivity index (χ4n) is 2.73. The minimum Gasteiger partial charge on any atom is -0.481 e. The van der Waals surface area contributed by atoms with Crippen LogP contribution in [0.3, 0.4) is 0 Å². The lowest BCUT2D eigenvalue weighted by molar-refractivity contribution is -0.145. The zero-order valence-corrected chi connectivity index (χ0v) is 11.4. The molecule has 1 aliphatic carbocycles. The number of hydrogen-bond acceptors (Lipinski definition) is 3. The van der Waals surface area contributed by atoms with Gasteiger partial charge in [-0.15, -0.1) is 0 Å². The monoisotopic (exact) mass is 293 g/mol. The first-order chi connectivity index (χ1) is 10.1. The Kier molecular flexibility index (Phi) is 3.63. The van der Waals surface area contributed by atoms with E-state index in [0.717, 1.165) is 0 Å². The highest BCUT2D eigenvalue weighted by Gasteiger charge is 2.50. The molecule has 1 N–H and O–H groups in total. The number of benzene rings is 1. The summed E-state index contributed by atoms with van der Waals surface area (Å²) in [6.45, 7) is 1.16. The summed E-state index contributed by atoms with van der Waals surface area (Å²) in [5, 5.41) is 8.89. The van der Waals surface area contributed by atoms with Gasteiger partial charge in [-0.05, 0) is 24.1 Å². The zero-order valence-electron chi connectivity index (χ0n) is 11.4. The van der Waals surface area contributed by atoms with Crippen molar-refractivity contribution in [1.29, 1.82) is 0 Å². The maximum Gasteiger partial charge on any atom is 0.307 e. The molecule has 1 aromatic rings. The first kappa shape index (κ1) is 14.0. The van der Waals surface area contributed by atoms with Gasteiger partial charge in [-0.2, -0.15) is 0 Å². The van der Waals surface area contributed by atoms with Gasteiger partial charge in [0.2, 0.25) is 5.91 Å². The van der Waals surface area contributed by atoms with Crippen LogP contribution in [0.4, 0.5) is 4.39 Å². The molecule has 0 spiro atoms. The van der Waals surface area contributed by atoms with Crippen molar-refractivity contribution in [2.24, 2.45) is 11.8 Å². The van der Waals surface area contributed by atoms with Crippen LogP contribution in [0.5, 0.6) is 0 Å². The van der Waals surface area contributed by atoms with Crippen LogP contribution in [0, 0.1) is 17.7 Å². The Balaban J connectivity index is 1.66. The van der Waals surface area contributed by atoms with E-state index < -0.39 is 17.8 Å². The van der Waals surface area contributed by atoms with Crippen molar-refractivity contribution >= 4 is 11.9 Å². The average molecular weight is 293 g/mol. The minimum atomic E-state index is -0.914. The summed E-state index contributed by atoms with van der Waals surface area (Å²) in [6.07, 6.45) is 0.0521. The van der Waals surface area contributed by atoms with E-state index in [1.807, 2.05) is 0 Å². The molecule has 1 aliphatic heterocycles. The van der Waals surface area contributed by atoms with Crippen LogP contribution in [-0.4, -0.2) is 41.6 Å². The number of amides is 1. The molecule has 1 heterocycles. The molecule has 0 radical (unpaired) electrons. The van der Waals surface area contributed by atoms with E-state index in [4.69, 9.17) is 9.84 Å². The lowest BCUT2D eigenvalue weighted by Crippen LogP contribution is -2.43. The third kappa shape index (κ3) is 2.90. The second kappa shape index (κ2) is 5.44. The van der Waals surface area contributed by atoms with Gasteiger partial charge in [0.15, 0.2) is 0 Å². The van der Waals surface area contributed by atoms with Gasteiger partial charge in [-0.1, -0.05) is 12.1 Å². The molecule has 2 fully saturated rings. The smallest absolute Gasteiger partial charge is 0.307 e. The SMILES string of the molecule is O=C(O)[C@@H]1C[C@H]1C(=O)N1CCO[C@@H](c2cccc(F)c2)C1. The van der Waals surface area contributed by atoms with Crippen LogP contribution in [-0.2, 0) is 14.3 Å². The second-order valence-electron chi connectivity index (χ2n) is 5.49. The van der Waals surface area contributed by atoms with E-state index in [2.05, 4.69) is 0 Å². The van der Waals surface area contributed by atoms with Crippen LogP contribution >= 0.6 is 0 Å². The Morgan fingerprint density at radius 2 is 2.14 bits per heavy atom. The standard InChI is InChI=1S/C15H16FNO4/c16-10-3-1-2-9(6-10)13-8-17(4-5-21-13)14(18)11-7-12(11)15(19)20/h1-3,6,11-13H,4-5,7-8H2,(H,19,20)/t11-,12-,13-/m1/s1. The highest BCUT2D eigenvalue weighted by molar-refractivity contribution is 5.89. The number of morpholine rings is 1. The maximum atomic E-state index is 13.3. The van der Waals surface area contributed by atoms with Crippen molar-refractivity contribution in [3.05, 3.63) is 35.6 Å². The number of hydrogen-bond donors (Lipinski definition) is 1. The highest BCUT2D eigenvalue weighted by Crippen LogP contribution is 2.40. The number of nitrogens with zero attached hydrogens (tertiary/aromatic N) is 1. The first-order valence-corrected chi connectivity index (χ1v) is 6.95. The topological polar surface area (TPSA) is 66.8 Å². The van der Waals surface area contributed by atoms with Gasteiger partial charge in [0.25, 0.3) is 0 Å². The van der Waals surface area contributed by atoms with Gasteiger partial charge < -0.3 is 14.7 Å². The number of carboxylic acid groups (broad SMARTS) is 1. The van der Waals surface area contributed by atoms with Crippen molar-refractivity contribution in [2.45, 2.75) is 12.5 Å². The predicted octanol–water partition coefficient (Wildman–Crippen LogP) is 1.45. The summed E-state index contributed by atoms with van der Waals surface area (Å²) in [6, 6.07) is 6.13. The predicted molar refractivity (Wildman–Crippen MR) is 70.9 cm³/mol. The molecule has 6 heteroatoms. The van der Waals surface area contributed by atoms with Crippen LogP contribution in [0.15, 0.2) is 24.3 Å². The summed E-state index contributed by atoms with van der Waals surface area (Å²) in [5.41, 5.74) is 0.693. The lowest BCUT2D eigenvalue weighted by Gasteiger charge is -2.33. The molecule has 112 valence electrons. The third-order valence-electron chi connectivity index (χ3n) is 4.02. The summed E-state index contributed by atoms with van der Waals surface area (Å²) in [7, 11) is 0. The van der Waals surface area contributed by atoms with E-state index in [0.29, 0.717) is 31.7 Å². The van der Waals surface area contributed by atoms with Crippen molar-refractivity contribution in [3.63, 3.8) is 0 Å². The zero-order chi connectivity index (χ0) is 15.0. The van der Waals surface area contributed by atoms with E-state index in [1.54, 1.807) is 17.0 Å². The minimum absolute atomic E-state index is 0.132. The number of ether oxygens (including phenoxy) is 1. The van der Waals surface area contributed by atoms with Crippen LogP contribution in [0.25, 0.3) is 0 Å². The van der Waals surface area contributed by atoms with E-state index in [-0.39, 0.29) is 17.8 Å². The Morgan fingerprint density at radius 3 is 2.81 bits per heavy atom. The largest absolute Gasteiger partial charge is 0.481 e. The molecule has 5 nitrogen and oxygen atoms in total. The lowest BCUT2D eigenvalue weighted by atomic mass is 10.1. The van der Waals surface area contributed by atoms with Gasteiger partial charge in [-0.3, -0.25) is 9.59 Å². The fourth-order valence-corrected chi connectivity index (χ4v) is 2.73. The molecule has 0 aromatic heterocycles. The van der Waals surface area contributed by atoms with Crippen LogP contribution in [0.2, 0.25) is 0 Å². The molecule has 3 atom stereocenters. The van der Waals surface area contributed by atoms with Crippen LogP contribution in [0.1, 0.15) is 18.1 Å². The van der Waals surface area contributed by atoms with Crippen molar-refractivity contribution in [3.8, 4) is 0 Å². The number of aliphatic carboxylic acids is 1. The number of rotatable bonds is 3. The van der Waals surface area contributed by atoms with Crippen molar-refractivity contribution in [2.75, 3.05) is 19.7 Å². The van der Waals surface area contributed by atoms with Crippen molar-refractivity contribution in [1.82, 2.24) is 4.90 Å². The summed E-state index contributed by atoms with van der Waals surface area (Å²) < 4.78 is 18.9. The quantitative estimate of drug-likeness (QED) is 0.916. The Morgan fingerprint density at radius 1 is 1.33 bits per heavy atom. The van der Waals surface area contributed by atoms with Gasteiger partial charge in [0, 0.05) is 6.54 Å². The molecule has 3 rings (SSSR count). The molecular weight excluding hydrogens is 277 g/mol. The Hall–Kier alpha value is -1.95. The molecular formula is C15H16FNO4. The maximum absolute atomic E-state index is 13.3. The number of carbonyl (C=O) groups is 2. The van der Waals surface area contributed by atoms with E-state index in [1.165, 1.54) is 12.1 Å². The third-order valence-corrected chi connectivity index (χ3v) is 4.02. The van der Waals surface area contributed by atoms with Gasteiger partial charge in [0.05, 0.1) is 25.0 Å². The molecule has 1 aromatic carbocycles. The normalized spacial score (nSPS) is 28.2. The summed E-state index contributed by atoms with van der Waals surface area (Å²) in [5.74, 6) is -2.34. The van der Waals surface area contributed by atoms with Gasteiger partial charge in [0.1, 0.15) is 11.9 Å². The first-order valence-electron chi connectivity index (χ1n) is 6.95. The fraction of sp³-hybridized carbons (Fsp3) is 0.467. The van der Waals surface area contributed by atoms with Gasteiger partial charge >= 0.3 is 5.97 Å². The number of halogens is 1. The molecule has 1 saturated heterocycles. The Bertz CT molecular complexity index is 577. The average Bonchev–Trinajstić information content (AvgIpc) is 3.27. The molecule has 1 amide bonds. The summed E-state index contributed by atoms with van der Waals surface area (Å²) >= 11 is 0. The number of carbonyl (C=O) groups excluding carboxylic acids is 1. The molecule has 0 bridgehead atoms. The van der Waals surface area contributed by atoms with E-state index >= 15 is 0 Å². The van der Waals surface area contributed by atoms with Crippen molar-refractivity contribution < 1.29 is 23.8 Å². The summed E-state index contributed by atoms with van der Waals surface area (Å²) in [4.78, 5) is 24.7. The van der Waals surface area contributed by atoms with Gasteiger partial charge in [-0.25, -0.2) is 4.39 Å². The molecule has 0 unspecified atom stereocenters. The molecule has 2 aliphatic rings.